The molecular formula is C24H20ClFN2O3S. The standard InChI is InChI=1S/C24H20ClFN2O3S/c1-31-18-9-5-15(6-10-18)11-12-28(14-17-8-7-16(23(29)30)13-19(17)25)24-27-21-4-2-3-20(26)22(21)32-24/h2-10,13H,11-12,14H2,1H3,(H,29,30). The molecule has 0 saturated heterocycles. The summed E-state index contributed by atoms with van der Waals surface area (Å²) in [6.45, 7) is 1.03. The predicted octanol–water partition coefficient (Wildman–Crippen LogP) is 6.04. The second-order valence-electron chi connectivity index (χ2n) is 7.22. The van der Waals surface area contributed by atoms with Gasteiger partial charge in [-0.15, -0.1) is 0 Å². The van der Waals surface area contributed by atoms with Gasteiger partial charge in [0, 0.05) is 18.1 Å². The summed E-state index contributed by atoms with van der Waals surface area (Å²) in [6, 6.07) is 17.4. The zero-order chi connectivity index (χ0) is 22.7. The van der Waals surface area contributed by atoms with Crippen molar-refractivity contribution in [3.63, 3.8) is 0 Å². The lowest BCUT2D eigenvalue weighted by Crippen LogP contribution is -2.25. The predicted molar refractivity (Wildman–Crippen MR) is 126 cm³/mol. The summed E-state index contributed by atoms with van der Waals surface area (Å²) in [5.41, 5.74) is 2.62. The van der Waals surface area contributed by atoms with Crippen LogP contribution in [0.1, 0.15) is 21.5 Å². The number of anilines is 1. The van der Waals surface area contributed by atoms with Crippen LogP contribution < -0.4 is 9.64 Å². The summed E-state index contributed by atoms with van der Waals surface area (Å²) >= 11 is 7.67. The van der Waals surface area contributed by atoms with Gasteiger partial charge in [-0.05, 0) is 53.9 Å². The number of nitrogens with zero attached hydrogens (tertiary/aromatic N) is 2. The van der Waals surface area contributed by atoms with Crippen LogP contribution >= 0.6 is 22.9 Å². The molecule has 0 fully saturated rings. The Labute approximate surface area is 193 Å². The summed E-state index contributed by atoms with van der Waals surface area (Å²) in [4.78, 5) is 17.9. The number of thiazole rings is 1. The maximum atomic E-state index is 14.3. The topological polar surface area (TPSA) is 62.7 Å². The number of aromatic carboxylic acids is 1. The van der Waals surface area contributed by atoms with Crippen molar-refractivity contribution in [1.29, 1.82) is 0 Å². The van der Waals surface area contributed by atoms with E-state index in [4.69, 9.17) is 16.3 Å². The molecule has 32 heavy (non-hydrogen) atoms. The van der Waals surface area contributed by atoms with Crippen molar-refractivity contribution < 1.29 is 19.0 Å². The molecule has 1 heterocycles. The van der Waals surface area contributed by atoms with Gasteiger partial charge in [0.15, 0.2) is 5.13 Å². The van der Waals surface area contributed by atoms with Crippen LogP contribution in [0.3, 0.4) is 0 Å². The molecule has 1 N–H and O–H groups in total. The number of carboxylic acid groups (broad SMARTS) is 1. The van der Waals surface area contributed by atoms with Crippen molar-refractivity contribution >= 4 is 44.3 Å². The van der Waals surface area contributed by atoms with E-state index in [9.17, 15) is 14.3 Å². The molecule has 0 unspecified atom stereocenters. The monoisotopic (exact) mass is 470 g/mol. The molecule has 164 valence electrons. The van der Waals surface area contributed by atoms with E-state index in [-0.39, 0.29) is 11.4 Å². The third-order valence-corrected chi connectivity index (χ3v) is 6.61. The Morgan fingerprint density at radius 1 is 1.19 bits per heavy atom. The minimum atomic E-state index is -1.03. The molecule has 0 aliphatic carbocycles. The van der Waals surface area contributed by atoms with Gasteiger partial charge in [0.1, 0.15) is 11.6 Å². The molecule has 0 atom stereocenters. The van der Waals surface area contributed by atoms with Crippen molar-refractivity contribution in [2.45, 2.75) is 13.0 Å². The molecular weight excluding hydrogens is 451 g/mol. The molecule has 0 bridgehead atoms. The number of hydrogen-bond donors (Lipinski definition) is 1. The van der Waals surface area contributed by atoms with Crippen LogP contribution in [0.2, 0.25) is 5.02 Å². The van der Waals surface area contributed by atoms with E-state index in [1.165, 1.54) is 29.5 Å². The van der Waals surface area contributed by atoms with Crippen LogP contribution in [0, 0.1) is 5.82 Å². The van der Waals surface area contributed by atoms with Gasteiger partial charge >= 0.3 is 5.97 Å². The number of aromatic nitrogens is 1. The number of benzene rings is 3. The molecule has 4 rings (SSSR count). The fraction of sp³-hybridized carbons (Fsp3) is 0.167. The second kappa shape index (κ2) is 9.54. The van der Waals surface area contributed by atoms with Gasteiger partial charge in [0.2, 0.25) is 0 Å². The van der Waals surface area contributed by atoms with E-state index in [2.05, 4.69) is 4.98 Å². The Hall–Kier alpha value is -3.16. The first-order valence-corrected chi connectivity index (χ1v) is 11.1. The van der Waals surface area contributed by atoms with Crippen LogP contribution in [-0.4, -0.2) is 29.7 Å². The smallest absolute Gasteiger partial charge is 0.335 e. The summed E-state index contributed by atoms with van der Waals surface area (Å²) in [7, 11) is 1.63. The Bertz CT molecular complexity index is 1260. The van der Waals surface area contributed by atoms with Crippen molar-refractivity contribution in [3.8, 4) is 5.75 Å². The highest BCUT2D eigenvalue weighted by molar-refractivity contribution is 7.22. The molecule has 0 radical (unpaired) electrons. The van der Waals surface area contributed by atoms with E-state index >= 15 is 0 Å². The van der Waals surface area contributed by atoms with Crippen LogP contribution in [0.5, 0.6) is 5.75 Å². The number of hydrogen-bond acceptors (Lipinski definition) is 5. The van der Waals surface area contributed by atoms with Crippen LogP contribution in [0.15, 0.2) is 60.7 Å². The minimum Gasteiger partial charge on any atom is -0.497 e. The van der Waals surface area contributed by atoms with Gasteiger partial charge in [-0.2, -0.15) is 0 Å². The van der Waals surface area contributed by atoms with E-state index in [0.717, 1.165) is 23.3 Å². The zero-order valence-electron chi connectivity index (χ0n) is 17.2. The maximum Gasteiger partial charge on any atom is 0.335 e. The van der Waals surface area contributed by atoms with Gasteiger partial charge < -0.3 is 14.7 Å². The fourth-order valence-electron chi connectivity index (χ4n) is 3.35. The van der Waals surface area contributed by atoms with Crippen molar-refractivity contribution in [2.24, 2.45) is 0 Å². The molecule has 1 aromatic heterocycles. The number of rotatable bonds is 8. The van der Waals surface area contributed by atoms with E-state index < -0.39 is 5.97 Å². The highest BCUT2D eigenvalue weighted by Crippen LogP contribution is 2.32. The SMILES string of the molecule is COc1ccc(CCN(Cc2ccc(C(=O)O)cc2Cl)c2nc3cccc(F)c3s2)cc1. The Kier molecular flexibility index (Phi) is 6.58. The largest absolute Gasteiger partial charge is 0.497 e. The highest BCUT2D eigenvalue weighted by atomic mass is 35.5. The fourth-order valence-corrected chi connectivity index (χ4v) is 4.59. The number of halogens is 2. The van der Waals surface area contributed by atoms with Gasteiger partial charge in [-0.25, -0.2) is 14.2 Å². The Balaban J connectivity index is 1.63. The van der Waals surface area contributed by atoms with Gasteiger partial charge in [0.05, 0.1) is 22.9 Å². The second-order valence-corrected chi connectivity index (χ2v) is 8.60. The quantitative estimate of drug-likeness (QED) is 0.340. The molecule has 3 aromatic carbocycles. The zero-order valence-corrected chi connectivity index (χ0v) is 18.8. The van der Waals surface area contributed by atoms with Crippen molar-refractivity contribution in [1.82, 2.24) is 4.98 Å². The van der Waals surface area contributed by atoms with Crippen LogP contribution in [0.4, 0.5) is 9.52 Å². The average molecular weight is 471 g/mol. The Morgan fingerprint density at radius 2 is 1.97 bits per heavy atom. The lowest BCUT2D eigenvalue weighted by molar-refractivity contribution is 0.0697. The molecule has 0 saturated carbocycles. The number of ether oxygens (including phenoxy) is 1. The molecule has 8 heteroatoms. The summed E-state index contributed by atoms with van der Waals surface area (Å²) in [6.07, 6.45) is 0.729. The lowest BCUT2D eigenvalue weighted by atomic mass is 10.1. The van der Waals surface area contributed by atoms with Gasteiger partial charge in [-0.3, -0.25) is 0 Å². The molecule has 0 aliphatic heterocycles. The van der Waals surface area contributed by atoms with E-state index in [0.29, 0.717) is 33.5 Å². The molecule has 0 aliphatic rings. The average Bonchev–Trinajstić information content (AvgIpc) is 3.23. The molecule has 0 amide bonds. The van der Waals surface area contributed by atoms with Gasteiger partial charge in [-0.1, -0.05) is 47.2 Å². The highest BCUT2D eigenvalue weighted by Gasteiger charge is 2.17. The summed E-state index contributed by atoms with van der Waals surface area (Å²) < 4.78 is 20.0. The number of fused-ring (bicyclic) bond motifs is 1. The number of carbonyl (C=O) groups is 1. The van der Waals surface area contributed by atoms with Crippen molar-refractivity contribution in [2.75, 3.05) is 18.6 Å². The van der Waals surface area contributed by atoms with Crippen LogP contribution in [0.25, 0.3) is 10.2 Å². The third kappa shape index (κ3) is 4.84. The third-order valence-electron chi connectivity index (χ3n) is 5.12. The number of methoxy groups -OCH3 is 1. The van der Waals surface area contributed by atoms with Crippen LogP contribution in [-0.2, 0) is 13.0 Å². The van der Waals surface area contributed by atoms with E-state index in [1.54, 1.807) is 25.3 Å². The summed E-state index contributed by atoms with van der Waals surface area (Å²) in [5, 5.41) is 10.2. The first-order valence-electron chi connectivity index (χ1n) is 9.89. The molecule has 0 spiro atoms. The molecule has 4 aromatic rings. The number of carboxylic acids is 1. The van der Waals surface area contributed by atoms with E-state index in [1.807, 2.05) is 29.2 Å². The first kappa shape index (κ1) is 22.0. The summed E-state index contributed by atoms with van der Waals surface area (Å²) in [5.74, 6) is -0.542. The Morgan fingerprint density at radius 3 is 2.62 bits per heavy atom. The maximum absolute atomic E-state index is 14.3. The van der Waals surface area contributed by atoms with Gasteiger partial charge in [0.25, 0.3) is 0 Å². The first-order chi connectivity index (χ1) is 15.4. The van der Waals surface area contributed by atoms with Crippen molar-refractivity contribution in [3.05, 3.63) is 88.2 Å². The normalized spacial score (nSPS) is 11.0. The minimum absolute atomic E-state index is 0.130. The lowest BCUT2D eigenvalue weighted by Gasteiger charge is -2.23. The molecule has 5 nitrogen and oxygen atoms in total.